The molecule has 4 aromatic rings. The van der Waals surface area contributed by atoms with E-state index < -0.39 is 21.4 Å². The predicted octanol–water partition coefficient (Wildman–Crippen LogP) is 1.47. The number of sulfone groups is 1. The zero-order chi connectivity index (χ0) is 24.3. The van der Waals surface area contributed by atoms with Gasteiger partial charge in [0.15, 0.2) is 15.5 Å². The van der Waals surface area contributed by atoms with E-state index in [0.717, 1.165) is 16.5 Å². The monoisotopic (exact) mass is 479 g/mol. The Morgan fingerprint density at radius 2 is 1.68 bits per heavy atom. The van der Waals surface area contributed by atoms with Crippen LogP contribution in [0.4, 0.5) is 5.69 Å². The number of aromatic nitrogens is 3. The third kappa shape index (κ3) is 5.21. The quantitative estimate of drug-likeness (QED) is 0.413. The molecule has 0 radical (unpaired) electrons. The Labute approximate surface area is 194 Å². The first kappa shape index (κ1) is 22.9. The highest BCUT2D eigenvalue weighted by Gasteiger charge is 2.14. The van der Waals surface area contributed by atoms with Crippen molar-refractivity contribution in [1.29, 1.82) is 0 Å². The topological polar surface area (TPSA) is 132 Å². The van der Waals surface area contributed by atoms with Gasteiger partial charge in [0.05, 0.1) is 10.5 Å². The van der Waals surface area contributed by atoms with Crippen molar-refractivity contribution in [3.8, 4) is 0 Å². The van der Waals surface area contributed by atoms with E-state index in [4.69, 9.17) is 0 Å². The Hall–Kier alpha value is -4.25. The van der Waals surface area contributed by atoms with Crippen LogP contribution < -0.4 is 16.3 Å². The van der Waals surface area contributed by atoms with Gasteiger partial charge in [-0.2, -0.15) is 0 Å². The van der Waals surface area contributed by atoms with Gasteiger partial charge in [-0.05, 0) is 42.0 Å². The molecule has 0 bridgehead atoms. The van der Waals surface area contributed by atoms with E-state index in [0.29, 0.717) is 12.2 Å². The maximum Gasteiger partial charge on any atom is 0.350 e. The van der Waals surface area contributed by atoms with Crippen molar-refractivity contribution in [3.63, 3.8) is 0 Å². The molecule has 0 unspecified atom stereocenters. The average molecular weight is 480 g/mol. The van der Waals surface area contributed by atoms with Crippen molar-refractivity contribution in [3.05, 3.63) is 94.5 Å². The SMILES string of the molecule is CS(=O)(=O)c1ccc(NC(=O)Cn2nc3ccc(C(=O)NCc4ccccc4)cn3c2=O)cc1. The van der Waals surface area contributed by atoms with Gasteiger partial charge in [0.1, 0.15) is 6.54 Å². The normalized spacial score (nSPS) is 11.3. The first-order chi connectivity index (χ1) is 16.2. The van der Waals surface area contributed by atoms with Gasteiger partial charge in [0.2, 0.25) is 5.91 Å². The lowest BCUT2D eigenvalue weighted by Crippen LogP contribution is -2.28. The first-order valence-corrected chi connectivity index (χ1v) is 12.1. The summed E-state index contributed by atoms with van der Waals surface area (Å²) in [5.74, 6) is -0.862. The van der Waals surface area contributed by atoms with Crippen molar-refractivity contribution in [1.82, 2.24) is 19.5 Å². The number of rotatable bonds is 7. The van der Waals surface area contributed by atoms with Crippen molar-refractivity contribution in [2.24, 2.45) is 0 Å². The van der Waals surface area contributed by atoms with Crippen molar-refractivity contribution < 1.29 is 18.0 Å². The van der Waals surface area contributed by atoms with Gasteiger partial charge in [-0.15, -0.1) is 5.10 Å². The van der Waals surface area contributed by atoms with E-state index in [-0.39, 0.29) is 28.6 Å². The highest BCUT2D eigenvalue weighted by Crippen LogP contribution is 2.14. The molecule has 2 amide bonds. The molecule has 2 aromatic heterocycles. The van der Waals surface area contributed by atoms with E-state index in [9.17, 15) is 22.8 Å². The van der Waals surface area contributed by atoms with Crippen LogP contribution in [-0.2, 0) is 27.7 Å². The van der Waals surface area contributed by atoms with E-state index in [1.807, 2.05) is 30.3 Å². The summed E-state index contributed by atoms with van der Waals surface area (Å²) in [6.07, 6.45) is 2.47. The molecular formula is C23H21N5O5S. The second kappa shape index (κ2) is 9.32. The number of anilines is 1. The Morgan fingerprint density at radius 3 is 2.35 bits per heavy atom. The number of fused-ring (bicyclic) bond motifs is 1. The Kier molecular flexibility index (Phi) is 6.28. The van der Waals surface area contributed by atoms with Gasteiger partial charge in [0, 0.05) is 24.7 Å². The second-order valence-corrected chi connectivity index (χ2v) is 9.61. The van der Waals surface area contributed by atoms with E-state index in [1.165, 1.54) is 40.9 Å². The molecule has 0 aliphatic carbocycles. The van der Waals surface area contributed by atoms with Crippen LogP contribution in [-0.4, -0.2) is 40.7 Å². The third-order valence-corrected chi connectivity index (χ3v) is 6.12. The summed E-state index contributed by atoms with van der Waals surface area (Å²) in [6.45, 7) is -0.0128. The van der Waals surface area contributed by atoms with Crippen LogP contribution in [0.15, 0.2) is 82.6 Å². The van der Waals surface area contributed by atoms with Gasteiger partial charge in [-0.3, -0.25) is 9.59 Å². The fraction of sp³-hybridized carbons (Fsp3) is 0.130. The fourth-order valence-corrected chi connectivity index (χ4v) is 3.89. The van der Waals surface area contributed by atoms with Gasteiger partial charge in [0.25, 0.3) is 5.91 Å². The molecule has 2 N–H and O–H groups in total. The molecular weight excluding hydrogens is 458 g/mol. The lowest BCUT2D eigenvalue weighted by molar-refractivity contribution is -0.117. The summed E-state index contributed by atoms with van der Waals surface area (Å²) < 4.78 is 25.3. The number of carbonyl (C=O) groups is 2. The Bertz CT molecular complexity index is 1520. The number of carbonyl (C=O) groups excluding carboxylic acids is 2. The molecule has 0 saturated carbocycles. The Balaban J connectivity index is 1.45. The van der Waals surface area contributed by atoms with Crippen LogP contribution in [0.1, 0.15) is 15.9 Å². The first-order valence-electron chi connectivity index (χ1n) is 10.2. The second-order valence-electron chi connectivity index (χ2n) is 7.60. The summed E-state index contributed by atoms with van der Waals surface area (Å²) in [5.41, 5.74) is 1.32. The summed E-state index contributed by atoms with van der Waals surface area (Å²) in [7, 11) is -3.34. The molecule has 2 aromatic carbocycles. The van der Waals surface area contributed by atoms with Gasteiger partial charge >= 0.3 is 5.69 Å². The zero-order valence-corrected chi connectivity index (χ0v) is 19.0. The Morgan fingerprint density at radius 1 is 0.971 bits per heavy atom. The van der Waals surface area contributed by atoms with Crippen molar-refractivity contribution >= 4 is 33.0 Å². The summed E-state index contributed by atoms with van der Waals surface area (Å²) >= 11 is 0. The molecule has 4 rings (SSSR count). The highest BCUT2D eigenvalue weighted by atomic mass is 32.2. The smallest absolute Gasteiger partial charge is 0.348 e. The molecule has 0 aliphatic heterocycles. The number of hydrogen-bond acceptors (Lipinski definition) is 6. The molecule has 2 heterocycles. The van der Waals surface area contributed by atoms with Crippen LogP contribution in [0.25, 0.3) is 5.65 Å². The molecule has 0 saturated heterocycles. The predicted molar refractivity (Wildman–Crippen MR) is 125 cm³/mol. The van der Waals surface area contributed by atoms with E-state index in [1.54, 1.807) is 6.07 Å². The largest absolute Gasteiger partial charge is 0.350 e. The van der Waals surface area contributed by atoms with Gasteiger partial charge < -0.3 is 10.6 Å². The van der Waals surface area contributed by atoms with Crippen LogP contribution in [0.2, 0.25) is 0 Å². The van der Waals surface area contributed by atoms with E-state index >= 15 is 0 Å². The summed E-state index contributed by atoms with van der Waals surface area (Å²) in [5, 5.41) is 9.52. The lowest BCUT2D eigenvalue weighted by atomic mass is 10.2. The molecule has 0 fully saturated rings. The molecule has 34 heavy (non-hydrogen) atoms. The minimum Gasteiger partial charge on any atom is -0.348 e. The zero-order valence-electron chi connectivity index (χ0n) is 18.1. The van der Waals surface area contributed by atoms with Crippen LogP contribution in [0, 0.1) is 0 Å². The van der Waals surface area contributed by atoms with Gasteiger partial charge in [-0.1, -0.05) is 30.3 Å². The minimum atomic E-state index is -3.34. The van der Waals surface area contributed by atoms with Crippen molar-refractivity contribution in [2.75, 3.05) is 11.6 Å². The lowest BCUT2D eigenvalue weighted by Gasteiger charge is -2.05. The minimum absolute atomic E-state index is 0.130. The molecule has 11 heteroatoms. The number of nitrogens with zero attached hydrogens (tertiary/aromatic N) is 3. The summed E-state index contributed by atoms with van der Waals surface area (Å²) in [6, 6.07) is 18.2. The van der Waals surface area contributed by atoms with Crippen molar-refractivity contribution in [2.45, 2.75) is 18.0 Å². The van der Waals surface area contributed by atoms with Gasteiger partial charge in [-0.25, -0.2) is 22.3 Å². The van der Waals surface area contributed by atoms with Crippen LogP contribution >= 0.6 is 0 Å². The average Bonchev–Trinajstić information content (AvgIpc) is 3.12. The highest BCUT2D eigenvalue weighted by molar-refractivity contribution is 7.90. The fourth-order valence-electron chi connectivity index (χ4n) is 3.26. The maximum atomic E-state index is 12.7. The van der Waals surface area contributed by atoms with E-state index in [2.05, 4.69) is 15.7 Å². The van der Waals surface area contributed by atoms with Crippen LogP contribution in [0.5, 0.6) is 0 Å². The number of nitrogens with one attached hydrogen (secondary N) is 2. The third-order valence-electron chi connectivity index (χ3n) is 4.99. The molecule has 0 atom stereocenters. The number of benzene rings is 2. The maximum absolute atomic E-state index is 12.7. The molecule has 10 nitrogen and oxygen atoms in total. The van der Waals surface area contributed by atoms with Crippen LogP contribution in [0.3, 0.4) is 0 Å². The molecule has 174 valence electrons. The molecule has 0 spiro atoms. The number of hydrogen-bond donors (Lipinski definition) is 2. The summed E-state index contributed by atoms with van der Waals surface area (Å²) in [4.78, 5) is 37.7. The number of pyridine rings is 1. The standard InChI is InChI=1S/C23H21N5O5S/c1-34(32,33)19-10-8-18(9-11-19)25-21(29)15-28-23(31)27-14-17(7-12-20(27)26-28)22(30)24-13-16-5-3-2-4-6-16/h2-12,14H,13,15H2,1H3,(H,24,30)(H,25,29). The number of amides is 2. The molecule has 0 aliphatic rings.